The summed E-state index contributed by atoms with van der Waals surface area (Å²) in [5, 5.41) is 3.09. The summed E-state index contributed by atoms with van der Waals surface area (Å²) in [5.41, 5.74) is 0. The van der Waals surface area contributed by atoms with Gasteiger partial charge in [0.1, 0.15) is 0 Å². The molecule has 0 saturated heterocycles. The minimum atomic E-state index is 0.000175. The van der Waals surface area contributed by atoms with Crippen molar-refractivity contribution in [3.63, 3.8) is 0 Å². The van der Waals surface area contributed by atoms with Crippen LogP contribution in [-0.4, -0.2) is 11.9 Å². The largest absolute Gasteiger partial charge is 0.350 e. The van der Waals surface area contributed by atoms with Crippen LogP contribution in [-0.2, 0) is 4.79 Å². The van der Waals surface area contributed by atoms with E-state index >= 15 is 0 Å². The minimum absolute atomic E-state index is 0.000175. The van der Waals surface area contributed by atoms with E-state index in [2.05, 4.69) is 18.8 Å². The number of carbonyl (C=O) groups is 1. The fourth-order valence-corrected chi connectivity index (χ4v) is 6.91. The first-order valence-electron chi connectivity index (χ1n) is 13.6. The van der Waals surface area contributed by atoms with Crippen molar-refractivity contribution in [3.05, 3.63) is 12.7 Å². The Balaban J connectivity index is 1.25. The number of amides is 1. The predicted molar refractivity (Wildman–Crippen MR) is 128 cm³/mol. The molecule has 3 saturated carbocycles. The Kier molecular flexibility index (Phi) is 10.3. The Morgan fingerprint density at radius 3 is 1.67 bits per heavy atom. The Morgan fingerprint density at radius 1 is 0.733 bits per heavy atom. The topological polar surface area (TPSA) is 29.1 Å². The third-order valence-electron chi connectivity index (χ3n) is 9.03. The molecule has 0 aromatic rings. The third-order valence-corrected chi connectivity index (χ3v) is 9.03. The molecule has 0 atom stereocenters. The molecular weight excluding hydrogens is 366 g/mol. The van der Waals surface area contributed by atoms with Gasteiger partial charge in [0.2, 0.25) is 5.91 Å². The van der Waals surface area contributed by atoms with Gasteiger partial charge in [0.05, 0.1) is 0 Å². The normalized spacial score (nSPS) is 35.0. The average Bonchev–Trinajstić information content (AvgIpc) is 2.79. The Morgan fingerprint density at radius 2 is 1.20 bits per heavy atom. The molecule has 30 heavy (non-hydrogen) atoms. The lowest BCUT2D eigenvalue weighted by Gasteiger charge is -2.38. The van der Waals surface area contributed by atoms with Gasteiger partial charge in [0.25, 0.3) is 0 Å². The number of hydrogen-bond donors (Lipinski definition) is 1. The summed E-state index contributed by atoms with van der Waals surface area (Å²) in [6.45, 7) is 5.89. The van der Waals surface area contributed by atoms with E-state index in [9.17, 15) is 4.79 Å². The molecule has 0 aliphatic heterocycles. The summed E-state index contributed by atoms with van der Waals surface area (Å²) in [4.78, 5) is 11.5. The minimum Gasteiger partial charge on any atom is -0.350 e. The molecular formula is C28H49NO. The summed E-state index contributed by atoms with van der Waals surface area (Å²) in [6, 6.07) is 0.393. The molecule has 172 valence electrons. The number of hydrogen-bond acceptors (Lipinski definition) is 1. The van der Waals surface area contributed by atoms with Gasteiger partial charge >= 0.3 is 0 Å². The van der Waals surface area contributed by atoms with Gasteiger partial charge in [-0.05, 0) is 87.0 Å². The van der Waals surface area contributed by atoms with Crippen LogP contribution in [0, 0.1) is 29.6 Å². The molecule has 2 nitrogen and oxygen atoms in total. The van der Waals surface area contributed by atoms with E-state index < -0.39 is 0 Å². The number of rotatable bonds is 10. The highest BCUT2D eigenvalue weighted by atomic mass is 16.1. The summed E-state index contributed by atoms with van der Waals surface area (Å²) in [7, 11) is 0. The van der Waals surface area contributed by atoms with Crippen LogP contribution in [0.15, 0.2) is 12.7 Å². The molecule has 3 aliphatic carbocycles. The van der Waals surface area contributed by atoms with Crippen LogP contribution in [0.5, 0.6) is 0 Å². The van der Waals surface area contributed by atoms with E-state index in [1.54, 1.807) is 0 Å². The van der Waals surface area contributed by atoms with Crippen LogP contribution >= 0.6 is 0 Å². The van der Waals surface area contributed by atoms with Crippen LogP contribution in [0.2, 0.25) is 0 Å². The van der Waals surface area contributed by atoms with Crippen LogP contribution in [0.25, 0.3) is 0 Å². The Bertz CT molecular complexity index is 491. The van der Waals surface area contributed by atoms with Crippen LogP contribution in [0.4, 0.5) is 0 Å². The quantitative estimate of drug-likeness (QED) is 0.286. The van der Waals surface area contributed by atoms with E-state index in [0.717, 1.165) is 42.4 Å². The molecule has 1 amide bonds. The monoisotopic (exact) mass is 415 g/mol. The maximum atomic E-state index is 11.5. The maximum Gasteiger partial charge on any atom is 0.243 e. The van der Waals surface area contributed by atoms with Crippen molar-refractivity contribution in [3.8, 4) is 0 Å². The van der Waals surface area contributed by atoms with Crippen LogP contribution in [0.3, 0.4) is 0 Å². The highest BCUT2D eigenvalue weighted by molar-refractivity contribution is 5.87. The van der Waals surface area contributed by atoms with Crippen molar-refractivity contribution in [2.75, 3.05) is 0 Å². The van der Waals surface area contributed by atoms with E-state index in [1.165, 1.54) is 109 Å². The summed E-state index contributed by atoms with van der Waals surface area (Å²) in [6.07, 6.45) is 27.2. The SMILES string of the molecule is C=CC(=O)NC1CCC(CCC2CCC(C3CCC(CCCCC)CC3)CC2)CC1. The van der Waals surface area contributed by atoms with Gasteiger partial charge in [0, 0.05) is 6.04 Å². The molecule has 3 aliphatic rings. The van der Waals surface area contributed by atoms with Crippen LogP contribution in [0.1, 0.15) is 122 Å². The van der Waals surface area contributed by atoms with Crippen molar-refractivity contribution >= 4 is 5.91 Å². The average molecular weight is 416 g/mol. The van der Waals surface area contributed by atoms with Gasteiger partial charge in [-0.25, -0.2) is 0 Å². The predicted octanol–water partition coefficient (Wildman–Crippen LogP) is 7.82. The highest BCUT2D eigenvalue weighted by Gasteiger charge is 2.31. The molecule has 0 spiro atoms. The van der Waals surface area contributed by atoms with E-state index in [4.69, 9.17) is 0 Å². The lowest BCUT2D eigenvalue weighted by molar-refractivity contribution is -0.117. The molecule has 0 aromatic carbocycles. The third kappa shape index (κ3) is 7.72. The molecule has 0 bridgehead atoms. The fraction of sp³-hybridized carbons (Fsp3) is 0.893. The maximum absolute atomic E-state index is 11.5. The van der Waals surface area contributed by atoms with E-state index in [0.29, 0.717) is 6.04 Å². The molecule has 0 radical (unpaired) electrons. The van der Waals surface area contributed by atoms with Gasteiger partial charge in [-0.2, -0.15) is 0 Å². The zero-order valence-corrected chi connectivity index (χ0v) is 19.9. The first-order chi connectivity index (χ1) is 14.7. The van der Waals surface area contributed by atoms with Crippen molar-refractivity contribution < 1.29 is 4.79 Å². The zero-order valence-electron chi connectivity index (χ0n) is 19.9. The van der Waals surface area contributed by atoms with Gasteiger partial charge in [-0.1, -0.05) is 77.7 Å². The first kappa shape index (κ1) is 23.9. The zero-order chi connectivity index (χ0) is 21.2. The van der Waals surface area contributed by atoms with E-state index in [-0.39, 0.29) is 5.91 Å². The van der Waals surface area contributed by atoms with Gasteiger partial charge < -0.3 is 5.32 Å². The second-order valence-corrected chi connectivity index (χ2v) is 11.1. The fourth-order valence-electron chi connectivity index (χ4n) is 6.91. The van der Waals surface area contributed by atoms with Crippen molar-refractivity contribution in [2.45, 2.75) is 129 Å². The summed E-state index contributed by atoms with van der Waals surface area (Å²) >= 11 is 0. The highest BCUT2D eigenvalue weighted by Crippen LogP contribution is 2.43. The lowest BCUT2D eigenvalue weighted by atomic mass is 9.68. The van der Waals surface area contributed by atoms with Crippen molar-refractivity contribution in [1.82, 2.24) is 5.32 Å². The van der Waals surface area contributed by atoms with Crippen LogP contribution < -0.4 is 5.32 Å². The molecule has 0 heterocycles. The summed E-state index contributed by atoms with van der Waals surface area (Å²) in [5.74, 6) is 5.09. The second-order valence-electron chi connectivity index (χ2n) is 11.1. The second kappa shape index (κ2) is 12.9. The van der Waals surface area contributed by atoms with Gasteiger partial charge in [-0.3, -0.25) is 4.79 Å². The molecule has 1 N–H and O–H groups in total. The number of carbonyl (C=O) groups excluding carboxylic acids is 1. The van der Waals surface area contributed by atoms with E-state index in [1.807, 2.05) is 0 Å². The first-order valence-corrected chi connectivity index (χ1v) is 13.6. The van der Waals surface area contributed by atoms with Gasteiger partial charge in [-0.15, -0.1) is 0 Å². The standard InChI is InChI=1S/C28H49NO/c1-3-5-6-7-22-10-16-25(17-11-22)26-18-12-23(13-19-26)8-9-24-14-20-27(21-15-24)29-28(30)4-2/h4,22-27H,2-3,5-21H2,1H3,(H,29,30). The summed E-state index contributed by atoms with van der Waals surface area (Å²) < 4.78 is 0. The van der Waals surface area contributed by atoms with Crippen molar-refractivity contribution in [2.24, 2.45) is 29.6 Å². The lowest BCUT2D eigenvalue weighted by Crippen LogP contribution is -2.36. The molecule has 0 aromatic heterocycles. The molecule has 3 fully saturated rings. The van der Waals surface area contributed by atoms with Gasteiger partial charge in [0.15, 0.2) is 0 Å². The smallest absolute Gasteiger partial charge is 0.243 e. The van der Waals surface area contributed by atoms with Crippen molar-refractivity contribution in [1.29, 1.82) is 0 Å². The number of nitrogens with one attached hydrogen (secondary N) is 1. The Labute approximate surface area is 187 Å². The Hall–Kier alpha value is -0.790. The molecule has 0 unspecified atom stereocenters. The molecule has 3 rings (SSSR count). The molecule has 2 heteroatoms. The number of unbranched alkanes of at least 4 members (excludes halogenated alkanes) is 2.